The molecule has 106 valence electrons. The Morgan fingerprint density at radius 2 is 1.89 bits per heavy atom. The van der Waals surface area contributed by atoms with E-state index in [4.69, 9.17) is 9.47 Å². The van der Waals surface area contributed by atoms with Crippen LogP contribution in [0.25, 0.3) is 0 Å². The maximum absolute atomic E-state index is 11.5. The summed E-state index contributed by atoms with van der Waals surface area (Å²) in [4.78, 5) is 11.5. The van der Waals surface area contributed by atoms with E-state index in [-0.39, 0.29) is 12.1 Å². The lowest BCUT2D eigenvalue weighted by atomic mass is 10.2. The molecule has 3 nitrogen and oxygen atoms in total. The van der Waals surface area contributed by atoms with Crippen molar-refractivity contribution in [2.45, 2.75) is 52.1 Å². The van der Waals surface area contributed by atoms with Crippen LogP contribution >= 0.6 is 0 Å². The minimum atomic E-state index is -0.125. The number of para-hydroxylation sites is 1. The van der Waals surface area contributed by atoms with Crippen LogP contribution in [0.1, 0.15) is 46.0 Å². The van der Waals surface area contributed by atoms with Crippen LogP contribution in [0.3, 0.4) is 0 Å². The van der Waals surface area contributed by atoms with E-state index in [0.717, 1.165) is 18.6 Å². The average Bonchev–Trinajstić information content (AvgIpc) is 2.42. The second kappa shape index (κ2) is 9.42. The molecule has 0 fully saturated rings. The number of rotatable bonds is 9. The lowest BCUT2D eigenvalue weighted by molar-refractivity contribution is -0.146. The van der Waals surface area contributed by atoms with Crippen molar-refractivity contribution in [2.24, 2.45) is 0 Å². The molecule has 3 heteroatoms. The van der Waals surface area contributed by atoms with Gasteiger partial charge in [-0.05, 0) is 25.5 Å². The van der Waals surface area contributed by atoms with Gasteiger partial charge < -0.3 is 9.47 Å². The largest absolute Gasteiger partial charge is 0.487 e. The SMILES string of the molecule is CCCCCCC(=O)OCC(C)Oc1ccccc1. The Labute approximate surface area is 115 Å². The Morgan fingerprint density at radius 3 is 2.58 bits per heavy atom. The Morgan fingerprint density at radius 1 is 1.16 bits per heavy atom. The van der Waals surface area contributed by atoms with Crippen LogP contribution in [0.5, 0.6) is 5.75 Å². The molecular weight excluding hydrogens is 240 g/mol. The Hall–Kier alpha value is -1.51. The van der Waals surface area contributed by atoms with Gasteiger partial charge in [-0.2, -0.15) is 0 Å². The van der Waals surface area contributed by atoms with E-state index in [0.29, 0.717) is 13.0 Å². The second-order valence-corrected chi connectivity index (χ2v) is 4.74. The summed E-state index contributed by atoms with van der Waals surface area (Å²) in [6, 6.07) is 9.56. The van der Waals surface area contributed by atoms with Gasteiger partial charge in [-0.1, -0.05) is 44.4 Å². The Balaban J connectivity index is 2.12. The molecule has 0 radical (unpaired) electrons. The van der Waals surface area contributed by atoms with Gasteiger partial charge in [0.2, 0.25) is 0 Å². The monoisotopic (exact) mass is 264 g/mol. The molecule has 0 spiro atoms. The fourth-order valence-corrected chi connectivity index (χ4v) is 1.74. The summed E-state index contributed by atoms with van der Waals surface area (Å²) in [7, 11) is 0. The summed E-state index contributed by atoms with van der Waals surface area (Å²) in [5.74, 6) is 0.675. The minimum absolute atomic E-state index is 0.123. The fourth-order valence-electron chi connectivity index (χ4n) is 1.74. The molecule has 1 aromatic carbocycles. The average molecular weight is 264 g/mol. The van der Waals surface area contributed by atoms with Crippen LogP contribution in [0.2, 0.25) is 0 Å². The lowest BCUT2D eigenvalue weighted by Crippen LogP contribution is -2.21. The van der Waals surface area contributed by atoms with E-state index in [1.807, 2.05) is 37.3 Å². The third kappa shape index (κ3) is 7.50. The number of carbonyl (C=O) groups is 1. The van der Waals surface area contributed by atoms with E-state index in [1.54, 1.807) is 0 Å². The van der Waals surface area contributed by atoms with Crippen LogP contribution in [-0.4, -0.2) is 18.7 Å². The first kappa shape index (κ1) is 15.5. The third-order valence-corrected chi connectivity index (χ3v) is 2.79. The number of unbranched alkanes of at least 4 members (excludes halogenated alkanes) is 3. The van der Waals surface area contributed by atoms with Gasteiger partial charge in [0.05, 0.1) is 0 Å². The number of carbonyl (C=O) groups excluding carboxylic acids is 1. The van der Waals surface area contributed by atoms with Gasteiger partial charge in [-0.3, -0.25) is 4.79 Å². The standard InChI is InChI=1S/C16H24O3/c1-3-4-5-9-12-16(17)18-13-14(2)19-15-10-7-6-8-11-15/h6-8,10-11,14H,3-5,9,12-13H2,1-2H3. The number of ether oxygens (including phenoxy) is 2. The van der Waals surface area contributed by atoms with Crippen molar-refractivity contribution in [2.75, 3.05) is 6.61 Å². The highest BCUT2D eigenvalue weighted by molar-refractivity contribution is 5.69. The second-order valence-electron chi connectivity index (χ2n) is 4.74. The van der Waals surface area contributed by atoms with Gasteiger partial charge in [-0.25, -0.2) is 0 Å². The van der Waals surface area contributed by atoms with E-state index < -0.39 is 0 Å². The number of hydrogen-bond acceptors (Lipinski definition) is 3. The summed E-state index contributed by atoms with van der Waals surface area (Å²) in [6.45, 7) is 4.36. The summed E-state index contributed by atoms with van der Waals surface area (Å²) >= 11 is 0. The van der Waals surface area contributed by atoms with Crippen LogP contribution in [-0.2, 0) is 9.53 Å². The first-order valence-electron chi connectivity index (χ1n) is 7.09. The maximum atomic E-state index is 11.5. The molecule has 0 saturated heterocycles. The molecule has 1 atom stereocenters. The van der Waals surface area contributed by atoms with E-state index in [9.17, 15) is 4.79 Å². The summed E-state index contributed by atoms with van der Waals surface area (Å²) in [5.41, 5.74) is 0. The van der Waals surface area contributed by atoms with Crippen molar-refractivity contribution >= 4 is 5.97 Å². The van der Waals surface area contributed by atoms with Crippen LogP contribution < -0.4 is 4.74 Å². The van der Waals surface area contributed by atoms with Gasteiger partial charge >= 0.3 is 5.97 Å². The minimum Gasteiger partial charge on any atom is -0.487 e. The molecule has 0 aromatic heterocycles. The van der Waals surface area contributed by atoms with Gasteiger partial charge in [0, 0.05) is 6.42 Å². The molecule has 0 saturated carbocycles. The predicted molar refractivity (Wildman–Crippen MR) is 76.3 cm³/mol. The molecular formula is C16H24O3. The number of hydrogen-bond donors (Lipinski definition) is 0. The molecule has 0 heterocycles. The van der Waals surface area contributed by atoms with Gasteiger partial charge in [0.15, 0.2) is 0 Å². The predicted octanol–water partition coefficient (Wildman–Crippen LogP) is 3.97. The first-order chi connectivity index (χ1) is 9.22. The zero-order valence-electron chi connectivity index (χ0n) is 11.9. The smallest absolute Gasteiger partial charge is 0.305 e. The zero-order chi connectivity index (χ0) is 13.9. The lowest BCUT2D eigenvalue weighted by Gasteiger charge is -2.14. The highest BCUT2D eigenvalue weighted by Crippen LogP contribution is 2.11. The topological polar surface area (TPSA) is 35.5 Å². The molecule has 0 aliphatic rings. The van der Waals surface area contributed by atoms with E-state index in [1.165, 1.54) is 12.8 Å². The van der Waals surface area contributed by atoms with E-state index in [2.05, 4.69) is 6.92 Å². The van der Waals surface area contributed by atoms with Crippen molar-refractivity contribution in [1.29, 1.82) is 0 Å². The van der Waals surface area contributed by atoms with Crippen molar-refractivity contribution in [3.05, 3.63) is 30.3 Å². The maximum Gasteiger partial charge on any atom is 0.305 e. The quantitative estimate of drug-likeness (QED) is 0.500. The molecule has 1 rings (SSSR count). The molecule has 0 aliphatic heterocycles. The summed E-state index contributed by atoms with van der Waals surface area (Å²) < 4.78 is 10.8. The number of esters is 1. The van der Waals surface area contributed by atoms with E-state index >= 15 is 0 Å². The van der Waals surface area contributed by atoms with Crippen molar-refractivity contribution in [3.63, 3.8) is 0 Å². The Bertz CT molecular complexity index is 348. The molecule has 1 aromatic rings. The normalized spacial score (nSPS) is 11.9. The molecule has 1 unspecified atom stereocenters. The van der Waals surface area contributed by atoms with Crippen molar-refractivity contribution in [1.82, 2.24) is 0 Å². The van der Waals surface area contributed by atoms with Crippen LogP contribution in [0.4, 0.5) is 0 Å². The Kier molecular flexibility index (Phi) is 7.71. The van der Waals surface area contributed by atoms with Gasteiger partial charge in [0.25, 0.3) is 0 Å². The first-order valence-corrected chi connectivity index (χ1v) is 7.09. The fraction of sp³-hybridized carbons (Fsp3) is 0.562. The van der Waals surface area contributed by atoms with Crippen LogP contribution in [0, 0.1) is 0 Å². The molecule has 19 heavy (non-hydrogen) atoms. The molecule has 0 N–H and O–H groups in total. The van der Waals surface area contributed by atoms with Crippen LogP contribution in [0.15, 0.2) is 30.3 Å². The molecule has 0 amide bonds. The number of benzene rings is 1. The van der Waals surface area contributed by atoms with Gasteiger partial charge in [-0.15, -0.1) is 0 Å². The third-order valence-electron chi connectivity index (χ3n) is 2.79. The highest BCUT2D eigenvalue weighted by Gasteiger charge is 2.08. The summed E-state index contributed by atoms with van der Waals surface area (Å²) in [6.07, 6.45) is 4.76. The summed E-state index contributed by atoms with van der Waals surface area (Å²) in [5, 5.41) is 0. The van der Waals surface area contributed by atoms with Crippen molar-refractivity contribution < 1.29 is 14.3 Å². The van der Waals surface area contributed by atoms with Gasteiger partial charge in [0.1, 0.15) is 18.5 Å². The molecule has 0 aliphatic carbocycles. The highest BCUT2D eigenvalue weighted by atomic mass is 16.6. The molecule has 0 bridgehead atoms. The zero-order valence-corrected chi connectivity index (χ0v) is 11.9. The van der Waals surface area contributed by atoms with Crippen molar-refractivity contribution in [3.8, 4) is 5.75 Å².